The van der Waals surface area contributed by atoms with E-state index in [4.69, 9.17) is 23.7 Å². The van der Waals surface area contributed by atoms with E-state index in [1.807, 2.05) is 123 Å². The SMILES string of the molecule is CC[C@H](C)[C@@H]([C@@H](CC(=O)N1CCC[C@H]1[C@H](OC)[C@@H](C)C(=O)N[C@H](Cc1ccccc1)C(=O)NCCOCCOCCOCCNC(=O)c1ccc(C)c(C)c1)OC)N(C)C(=O)[C@H](NC(=O)[C@H](C(C)C)N(C)C)C(C)C. The molecule has 0 unspecified atom stereocenters. The Labute approximate surface area is 448 Å². The molecule has 0 aromatic heterocycles. The standard InChI is InChI=1S/C57H93N7O11/c1-15-39(6)51(63(12)57(70)49(37(2)3)61-56(69)50(38(4)5)62(10)11)47(71-13)36-48(65)64-27-19-22-46(64)52(72-14)42(9)53(66)60-45(35-43-20-17-16-18-21-43)55(68)59-26-29-74-31-33-75-32-30-73-28-25-58-54(67)44-24-23-40(7)41(8)34-44/h16-18,20-21,23-24,34,37-39,42,45-47,49-52H,15,19,22,25-33,35-36H2,1-14H3,(H,58,67)(H,59,68)(H,60,66)(H,61,69)/t39-,42+,45+,46-,47+,49+,50-,51-,52+/m0/s1. The zero-order valence-electron chi connectivity index (χ0n) is 47.7. The van der Waals surface area contributed by atoms with Crippen molar-refractivity contribution in [1.82, 2.24) is 36.0 Å². The largest absolute Gasteiger partial charge is 0.379 e. The lowest BCUT2D eigenvalue weighted by Gasteiger charge is -2.41. The molecule has 9 atom stereocenters. The van der Waals surface area contributed by atoms with Crippen LogP contribution < -0.4 is 21.3 Å². The van der Waals surface area contributed by atoms with E-state index in [0.717, 1.165) is 16.7 Å². The molecule has 4 N–H and O–H groups in total. The van der Waals surface area contributed by atoms with Crippen LogP contribution >= 0.6 is 0 Å². The molecule has 1 saturated heterocycles. The molecule has 1 aliphatic rings. The molecule has 18 nitrogen and oxygen atoms in total. The van der Waals surface area contributed by atoms with E-state index in [9.17, 15) is 28.8 Å². The lowest BCUT2D eigenvalue weighted by atomic mass is 9.89. The maximum atomic E-state index is 14.5. The monoisotopic (exact) mass is 1050 g/mol. The average molecular weight is 1050 g/mol. The van der Waals surface area contributed by atoms with E-state index in [1.54, 1.807) is 30.9 Å². The Kier molecular flexibility index (Phi) is 28.5. The molecule has 3 rings (SSSR count). The van der Waals surface area contributed by atoms with Crippen LogP contribution in [-0.2, 0) is 54.1 Å². The zero-order chi connectivity index (χ0) is 55.8. The zero-order valence-corrected chi connectivity index (χ0v) is 47.7. The molecular formula is C57H93N7O11. The van der Waals surface area contributed by atoms with Crippen LogP contribution in [0.1, 0.15) is 101 Å². The summed E-state index contributed by atoms with van der Waals surface area (Å²) in [5.41, 5.74) is 3.68. The minimum Gasteiger partial charge on any atom is -0.379 e. The molecule has 18 heteroatoms. The van der Waals surface area contributed by atoms with Crippen LogP contribution in [0.2, 0.25) is 0 Å². The minimum absolute atomic E-state index is 0.0186. The molecule has 0 saturated carbocycles. The van der Waals surface area contributed by atoms with Crippen molar-refractivity contribution in [3.8, 4) is 0 Å². The molecule has 0 spiro atoms. The Morgan fingerprint density at radius 2 is 1.33 bits per heavy atom. The number of benzene rings is 2. The predicted molar refractivity (Wildman–Crippen MR) is 291 cm³/mol. The quantitative estimate of drug-likeness (QED) is 0.0712. The molecule has 2 aromatic carbocycles. The summed E-state index contributed by atoms with van der Waals surface area (Å²) in [5, 5.41) is 11.8. The van der Waals surface area contributed by atoms with Gasteiger partial charge in [0, 0.05) is 52.9 Å². The summed E-state index contributed by atoms with van der Waals surface area (Å²) in [4.78, 5) is 87.9. The van der Waals surface area contributed by atoms with Crippen molar-refractivity contribution in [2.24, 2.45) is 23.7 Å². The predicted octanol–water partition coefficient (Wildman–Crippen LogP) is 4.57. The molecular weight excluding hydrogens is 959 g/mol. The number of aryl methyl sites for hydroxylation is 2. The number of ether oxygens (including phenoxy) is 5. The van der Waals surface area contributed by atoms with Crippen LogP contribution in [0.5, 0.6) is 0 Å². The van der Waals surface area contributed by atoms with Crippen molar-refractivity contribution >= 4 is 35.4 Å². The number of methoxy groups -OCH3 is 2. The third kappa shape index (κ3) is 20.2. The normalized spacial score (nSPS) is 16.9. The number of hydrogen-bond acceptors (Lipinski definition) is 12. The van der Waals surface area contributed by atoms with Crippen LogP contribution in [0.4, 0.5) is 0 Å². The Bertz CT molecular complexity index is 2070. The summed E-state index contributed by atoms with van der Waals surface area (Å²) >= 11 is 0. The van der Waals surface area contributed by atoms with Crippen molar-refractivity contribution in [1.29, 1.82) is 0 Å². The van der Waals surface area contributed by atoms with Gasteiger partial charge >= 0.3 is 0 Å². The van der Waals surface area contributed by atoms with Gasteiger partial charge in [-0.15, -0.1) is 0 Å². The molecule has 1 aliphatic heterocycles. The average Bonchev–Trinajstić information content (AvgIpc) is 3.86. The smallest absolute Gasteiger partial charge is 0.251 e. The molecule has 6 amide bonds. The number of carbonyl (C=O) groups excluding carboxylic acids is 6. The highest BCUT2D eigenvalue weighted by atomic mass is 16.5. The first-order valence-corrected chi connectivity index (χ1v) is 27.0. The van der Waals surface area contributed by atoms with Gasteiger partial charge in [0.15, 0.2) is 0 Å². The highest BCUT2D eigenvalue weighted by molar-refractivity contribution is 5.94. The molecule has 0 aliphatic carbocycles. The second-order valence-electron chi connectivity index (χ2n) is 20.9. The topological polar surface area (TPSA) is 206 Å². The maximum absolute atomic E-state index is 14.5. The molecule has 0 bridgehead atoms. The number of nitrogens with one attached hydrogen (secondary N) is 4. The van der Waals surface area contributed by atoms with Gasteiger partial charge in [-0.3, -0.25) is 33.7 Å². The van der Waals surface area contributed by atoms with Gasteiger partial charge < -0.3 is 54.8 Å². The fraction of sp³-hybridized carbons (Fsp3) is 0.684. The first-order valence-electron chi connectivity index (χ1n) is 27.0. The first-order chi connectivity index (χ1) is 35.7. The van der Waals surface area contributed by atoms with Crippen LogP contribution in [0, 0.1) is 37.5 Å². The number of likely N-dealkylation sites (tertiary alicyclic amines) is 1. The van der Waals surface area contributed by atoms with Crippen LogP contribution in [-0.4, -0.2) is 187 Å². The van der Waals surface area contributed by atoms with Crippen LogP contribution in [0.3, 0.4) is 0 Å². The number of likely N-dealkylation sites (N-methyl/N-ethyl adjacent to an activating group) is 2. The summed E-state index contributed by atoms with van der Waals surface area (Å²) < 4.78 is 29.0. The molecule has 1 heterocycles. The molecule has 1 fully saturated rings. The van der Waals surface area contributed by atoms with Crippen molar-refractivity contribution < 1.29 is 52.5 Å². The summed E-state index contributed by atoms with van der Waals surface area (Å²) in [6, 6.07) is 12.0. The Morgan fingerprint density at radius 1 is 0.720 bits per heavy atom. The second kappa shape index (κ2) is 33.2. The number of rotatable bonds is 34. The van der Waals surface area contributed by atoms with Crippen molar-refractivity contribution in [3.63, 3.8) is 0 Å². The lowest BCUT2D eigenvalue weighted by molar-refractivity contribution is -0.148. The number of carbonyl (C=O) groups is 6. The summed E-state index contributed by atoms with van der Waals surface area (Å²) in [5.74, 6) is -2.54. The van der Waals surface area contributed by atoms with Crippen LogP contribution in [0.25, 0.3) is 0 Å². The fourth-order valence-electron chi connectivity index (χ4n) is 9.91. The third-order valence-corrected chi connectivity index (χ3v) is 14.5. The fourth-order valence-corrected chi connectivity index (χ4v) is 9.91. The van der Waals surface area contributed by atoms with Gasteiger partial charge in [-0.1, -0.05) is 91.3 Å². The second-order valence-corrected chi connectivity index (χ2v) is 20.9. The summed E-state index contributed by atoms with van der Waals surface area (Å²) in [6.07, 6.45) is 0.884. The Hall–Kier alpha value is -4.98. The summed E-state index contributed by atoms with van der Waals surface area (Å²) in [7, 11) is 8.51. The van der Waals surface area contributed by atoms with Gasteiger partial charge in [-0.05, 0) is 87.4 Å². The minimum atomic E-state index is -0.905. The van der Waals surface area contributed by atoms with Gasteiger partial charge in [0.2, 0.25) is 29.5 Å². The van der Waals surface area contributed by atoms with Gasteiger partial charge in [0.1, 0.15) is 12.1 Å². The van der Waals surface area contributed by atoms with Gasteiger partial charge in [0.05, 0.1) is 82.3 Å². The molecule has 2 aromatic rings. The number of hydrogen-bond donors (Lipinski definition) is 4. The van der Waals surface area contributed by atoms with Crippen molar-refractivity contribution in [3.05, 3.63) is 70.8 Å². The molecule has 0 radical (unpaired) electrons. The van der Waals surface area contributed by atoms with Gasteiger partial charge in [-0.2, -0.15) is 0 Å². The molecule has 75 heavy (non-hydrogen) atoms. The molecule has 422 valence electrons. The summed E-state index contributed by atoms with van der Waals surface area (Å²) in [6.45, 7) is 20.6. The van der Waals surface area contributed by atoms with E-state index in [-0.39, 0.29) is 79.2 Å². The van der Waals surface area contributed by atoms with Crippen molar-refractivity contribution in [2.75, 3.05) is 94.6 Å². The highest BCUT2D eigenvalue weighted by Crippen LogP contribution is 2.30. The van der Waals surface area contributed by atoms with Gasteiger partial charge in [-0.25, -0.2) is 0 Å². The van der Waals surface area contributed by atoms with E-state index in [2.05, 4.69) is 21.3 Å². The number of amides is 6. The lowest BCUT2D eigenvalue weighted by Crippen LogP contribution is -2.59. The third-order valence-electron chi connectivity index (χ3n) is 14.5. The first kappa shape index (κ1) is 64.3. The Balaban J connectivity index is 1.57. The van der Waals surface area contributed by atoms with E-state index >= 15 is 0 Å². The van der Waals surface area contributed by atoms with E-state index in [1.165, 1.54) is 7.11 Å². The van der Waals surface area contributed by atoms with Crippen LogP contribution in [0.15, 0.2) is 48.5 Å². The van der Waals surface area contributed by atoms with E-state index < -0.39 is 48.3 Å². The van der Waals surface area contributed by atoms with E-state index in [0.29, 0.717) is 70.9 Å². The van der Waals surface area contributed by atoms with Gasteiger partial charge in [0.25, 0.3) is 5.91 Å². The highest BCUT2D eigenvalue weighted by Gasteiger charge is 2.43. The number of nitrogens with zero attached hydrogens (tertiary/aromatic N) is 3. The maximum Gasteiger partial charge on any atom is 0.251 e. The Morgan fingerprint density at radius 3 is 1.88 bits per heavy atom. The van der Waals surface area contributed by atoms with Crippen molar-refractivity contribution in [2.45, 2.75) is 137 Å².